The van der Waals surface area contributed by atoms with Crippen LogP contribution in [0.4, 0.5) is 18.9 Å². The van der Waals surface area contributed by atoms with Crippen molar-refractivity contribution in [3.05, 3.63) is 58.6 Å². The van der Waals surface area contributed by atoms with Gasteiger partial charge in [0.05, 0.1) is 11.3 Å². The van der Waals surface area contributed by atoms with E-state index in [-0.39, 0.29) is 16.3 Å². The Morgan fingerprint density at radius 2 is 1.89 bits per heavy atom. The van der Waals surface area contributed by atoms with Crippen LogP contribution in [-0.4, -0.2) is 10.9 Å². The Balaban J connectivity index is 2.25. The summed E-state index contributed by atoms with van der Waals surface area (Å²) >= 11 is 5.54. The van der Waals surface area contributed by atoms with Crippen molar-refractivity contribution in [2.45, 2.75) is 0 Å². The molecule has 1 heterocycles. The van der Waals surface area contributed by atoms with Crippen molar-refractivity contribution in [2.24, 2.45) is 0 Å². The fraction of sp³-hybridized carbons (Fsp3) is 0. The molecule has 0 atom stereocenters. The number of halogens is 4. The van der Waals surface area contributed by atoms with Crippen LogP contribution in [0.3, 0.4) is 0 Å². The van der Waals surface area contributed by atoms with Crippen LogP contribution in [0.1, 0.15) is 10.4 Å². The maximum atomic E-state index is 13.5. The summed E-state index contributed by atoms with van der Waals surface area (Å²) < 4.78 is 39.2. The van der Waals surface area contributed by atoms with Crippen LogP contribution in [0.15, 0.2) is 30.3 Å². The Morgan fingerprint density at radius 1 is 1.16 bits per heavy atom. The van der Waals surface area contributed by atoms with E-state index < -0.39 is 23.6 Å². The second kappa shape index (κ2) is 5.27. The summed E-state index contributed by atoms with van der Waals surface area (Å²) in [6, 6.07) is 5.29. The zero-order chi connectivity index (χ0) is 14.0. The van der Waals surface area contributed by atoms with E-state index in [2.05, 4.69) is 10.3 Å². The maximum Gasteiger partial charge on any atom is 0.258 e. The van der Waals surface area contributed by atoms with Crippen molar-refractivity contribution in [3.63, 3.8) is 0 Å². The van der Waals surface area contributed by atoms with Gasteiger partial charge in [-0.05, 0) is 30.3 Å². The normalized spacial score (nSPS) is 10.3. The lowest BCUT2D eigenvalue weighted by Gasteiger charge is -2.06. The number of rotatable bonds is 2. The monoisotopic (exact) mass is 286 g/mol. The predicted octanol–water partition coefficient (Wildman–Crippen LogP) is 3.40. The molecule has 98 valence electrons. The summed E-state index contributed by atoms with van der Waals surface area (Å²) in [4.78, 5) is 14.6. The minimum atomic E-state index is -1.19. The first-order chi connectivity index (χ1) is 8.97. The maximum absolute atomic E-state index is 13.5. The van der Waals surface area contributed by atoms with E-state index in [1.807, 2.05) is 0 Å². The van der Waals surface area contributed by atoms with Crippen LogP contribution in [0.2, 0.25) is 5.02 Å². The third-order valence-electron chi connectivity index (χ3n) is 2.24. The number of carbonyl (C=O) groups is 1. The molecule has 0 radical (unpaired) electrons. The number of hydrogen-bond donors (Lipinski definition) is 1. The van der Waals surface area contributed by atoms with Crippen molar-refractivity contribution < 1.29 is 18.0 Å². The van der Waals surface area contributed by atoms with E-state index >= 15 is 0 Å². The molecule has 0 saturated carbocycles. The molecule has 1 amide bonds. The summed E-state index contributed by atoms with van der Waals surface area (Å²) in [6.45, 7) is 0. The number of anilines is 1. The SMILES string of the molecule is O=C(Nc1ccc(F)nc1F)c1ccc(Cl)cc1F. The number of benzene rings is 1. The Bertz CT molecular complexity index is 649. The van der Waals surface area contributed by atoms with Gasteiger partial charge in [0.15, 0.2) is 0 Å². The number of carbonyl (C=O) groups excluding carboxylic acids is 1. The van der Waals surface area contributed by atoms with Crippen LogP contribution in [0, 0.1) is 17.7 Å². The van der Waals surface area contributed by atoms with Crippen molar-refractivity contribution in [1.82, 2.24) is 4.98 Å². The highest BCUT2D eigenvalue weighted by atomic mass is 35.5. The van der Waals surface area contributed by atoms with Gasteiger partial charge in [0, 0.05) is 5.02 Å². The van der Waals surface area contributed by atoms with E-state index in [0.717, 1.165) is 24.3 Å². The van der Waals surface area contributed by atoms with E-state index in [1.54, 1.807) is 0 Å². The molecular formula is C12H6ClF3N2O. The fourth-order valence-electron chi connectivity index (χ4n) is 1.37. The summed E-state index contributed by atoms with van der Waals surface area (Å²) in [5.41, 5.74) is -0.658. The highest BCUT2D eigenvalue weighted by molar-refractivity contribution is 6.30. The smallest absolute Gasteiger partial charge is 0.258 e. The lowest BCUT2D eigenvalue weighted by molar-refractivity contribution is 0.102. The number of aromatic nitrogens is 1. The topological polar surface area (TPSA) is 42.0 Å². The van der Waals surface area contributed by atoms with Crippen molar-refractivity contribution in [2.75, 3.05) is 5.32 Å². The molecule has 0 aliphatic heterocycles. The number of pyridine rings is 1. The van der Waals surface area contributed by atoms with Crippen LogP contribution in [0.25, 0.3) is 0 Å². The average molecular weight is 287 g/mol. The van der Waals surface area contributed by atoms with Gasteiger partial charge in [-0.2, -0.15) is 13.8 Å². The minimum Gasteiger partial charge on any atom is -0.318 e. The molecule has 0 aliphatic carbocycles. The fourth-order valence-corrected chi connectivity index (χ4v) is 1.53. The summed E-state index contributed by atoms with van der Waals surface area (Å²) in [5.74, 6) is -3.95. The zero-order valence-corrected chi connectivity index (χ0v) is 10.0. The molecule has 1 aromatic heterocycles. The second-order valence-electron chi connectivity index (χ2n) is 3.55. The van der Waals surface area contributed by atoms with Crippen LogP contribution in [0.5, 0.6) is 0 Å². The van der Waals surface area contributed by atoms with Crippen LogP contribution in [-0.2, 0) is 0 Å². The van der Waals surface area contributed by atoms with Crippen LogP contribution >= 0.6 is 11.6 Å². The van der Waals surface area contributed by atoms with Gasteiger partial charge >= 0.3 is 0 Å². The lowest BCUT2D eigenvalue weighted by Crippen LogP contribution is -2.15. The molecular weight excluding hydrogens is 281 g/mol. The van der Waals surface area contributed by atoms with E-state index in [9.17, 15) is 18.0 Å². The third kappa shape index (κ3) is 3.03. The Morgan fingerprint density at radius 3 is 2.53 bits per heavy atom. The summed E-state index contributed by atoms with van der Waals surface area (Å²) in [7, 11) is 0. The predicted molar refractivity (Wildman–Crippen MR) is 63.5 cm³/mol. The summed E-state index contributed by atoms with van der Waals surface area (Å²) in [6.07, 6.45) is 0. The summed E-state index contributed by atoms with van der Waals surface area (Å²) in [5, 5.41) is 2.22. The molecule has 1 N–H and O–H groups in total. The number of nitrogens with one attached hydrogen (secondary N) is 1. The molecule has 0 spiro atoms. The van der Waals surface area contributed by atoms with Gasteiger partial charge in [0.25, 0.3) is 5.91 Å². The molecule has 2 rings (SSSR count). The van der Waals surface area contributed by atoms with Gasteiger partial charge in [-0.1, -0.05) is 11.6 Å². The quantitative estimate of drug-likeness (QED) is 0.860. The molecule has 0 fully saturated rings. The van der Waals surface area contributed by atoms with Gasteiger partial charge in [0.1, 0.15) is 5.82 Å². The zero-order valence-electron chi connectivity index (χ0n) is 9.25. The molecule has 0 unspecified atom stereocenters. The molecule has 19 heavy (non-hydrogen) atoms. The van der Waals surface area contributed by atoms with E-state index in [0.29, 0.717) is 0 Å². The van der Waals surface area contributed by atoms with Crippen molar-refractivity contribution >= 4 is 23.2 Å². The average Bonchev–Trinajstić information content (AvgIpc) is 2.32. The number of hydrogen-bond acceptors (Lipinski definition) is 2. The molecule has 2 aromatic rings. The molecule has 0 saturated heterocycles. The van der Waals surface area contributed by atoms with E-state index in [4.69, 9.17) is 11.6 Å². The van der Waals surface area contributed by atoms with Gasteiger partial charge in [-0.15, -0.1) is 0 Å². The number of amides is 1. The number of nitrogens with zero attached hydrogens (tertiary/aromatic N) is 1. The largest absolute Gasteiger partial charge is 0.318 e. The second-order valence-corrected chi connectivity index (χ2v) is 3.99. The molecule has 7 heteroatoms. The van der Waals surface area contributed by atoms with E-state index in [1.165, 1.54) is 6.07 Å². The van der Waals surface area contributed by atoms with Gasteiger partial charge < -0.3 is 5.32 Å². The van der Waals surface area contributed by atoms with Crippen LogP contribution < -0.4 is 5.32 Å². The van der Waals surface area contributed by atoms with Gasteiger partial charge in [-0.25, -0.2) is 4.39 Å². The molecule has 3 nitrogen and oxygen atoms in total. The first-order valence-corrected chi connectivity index (χ1v) is 5.43. The minimum absolute atomic E-state index is 0.128. The van der Waals surface area contributed by atoms with Crippen molar-refractivity contribution in [3.8, 4) is 0 Å². The Kier molecular flexibility index (Phi) is 3.71. The highest BCUT2D eigenvalue weighted by Gasteiger charge is 2.14. The van der Waals surface area contributed by atoms with Crippen molar-refractivity contribution in [1.29, 1.82) is 0 Å². The first-order valence-electron chi connectivity index (χ1n) is 5.06. The third-order valence-corrected chi connectivity index (χ3v) is 2.47. The standard InChI is InChI=1S/C12H6ClF3N2O/c13-6-1-2-7(8(14)5-6)12(19)17-9-3-4-10(15)18-11(9)16/h1-5H,(H,17,19). The highest BCUT2D eigenvalue weighted by Crippen LogP contribution is 2.17. The molecule has 1 aromatic carbocycles. The Labute approximate surface area is 111 Å². The lowest BCUT2D eigenvalue weighted by atomic mass is 10.2. The Hall–Kier alpha value is -2.08. The molecule has 0 aliphatic rings. The first kappa shape index (κ1) is 13.4. The molecule has 0 bridgehead atoms. The van der Waals surface area contributed by atoms with Gasteiger partial charge in [-0.3, -0.25) is 4.79 Å². The van der Waals surface area contributed by atoms with Gasteiger partial charge in [0.2, 0.25) is 11.9 Å².